The maximum absolute atomic E-state index is 15.0. The van der Waals surface area contributed by atoms with Crippen LogP contribution < -0.4 is 20.5 Å². The number of halogens is 2. The molecule has 2 aliphatic rings. The predicted molar refractivity (Wildman–Crippen MR) is 140 cm³/mol. The first-order valence-electron chi connectivity index (χ1n) is 12.1. The zero-order chi connectivity index (χ0) is 25.4. The number of morpholine rings is 1. The van der Waals surface area contributed by atoms with E-state index in [-0.39, 0.29) is 17.5 Å². The van der Waals surface area contributed by atoms with Gasteiger partial charge in [-0.1, -0.05) is 17.7 Å². The van der Waals surface area contributed by atoms with Crippen molar-refractivity contribution in [2.45, 2.75) is 19.1 Å². The molecule has 0 aliphatic carbocycles. The van der Waals surface area contributed by atoms with Crippen molar-refractivity contribution < 1.29 is 13.9 Å². The molecular formula is C28H24ClFN4O3. The Bertz CT molecular complexity index is 1530. The molecule has 0 bridgehead atoms. The number of nitrogens with one attached hydrogen (secondary N) is 2. The molecule has 0 saturated carbocycles. The minimum atomic E-state index is -0.324. The van der Waals surface area contributed by atoms with Gasteiger partial charge in [-0.3, -0.25) is 4.79 Å². The van der Waals surface area contributed by atoms with Crippen LogP contribution in [0.25, 0.3) is 0 Å². The summed E-state index contributed by atoms with van der Waals surface area (Å²) in [5.41, 5.74) is 4.57. The molecule has 2 aromatic heterocycles. The van der Waals surface area contributed by atoms with Crippen molar-refractivity contribution in [3.63, 3.8) is 0 Å². The molecular weight excluding hydrogens is 495 g/mol. The third-order valence-electron chi connectivity index (χ3n) is 6.66. The van der Waals surface area contributed by atoms with E-state index in [4.69, 9.17) is 21.1 Å². The number of benzene rings is 2. The van der Waals surface area contributed by atoms with Gasteiger partial charge >= 0.3 is 0 Å². The molecule has 188 valence electrons. The van der Waals surface area contributed by atoms with Crippen LogP contribution in [0.4, 0.5) is 15.8 Å². The van der Waals surface area contributed by atoms with Crippen molar-refractivity contribution in [2.75, 3.05) is 29.9 Å². The highest BCUT2D eigenvalue weighted by Crippen LogP contribution is 2.44. The summed E-state index contributed by atoms with van der Waals surface area (Å²) < 4.78 is 27.4. The fourth-order valence-electron chi connectivity index (χ4n) is 4.83. The number of anilines is 2. The van der Waals surface area contributed by atoms with Crippen LogP contribution in [0.3, 0.4) is 0 Å². The number of fused-ring (bicyclic) bond motifs is 2. The molecule has 7 nitrogen and oxygen atoms in total. The van der Waals surface area contributed by atoms with E-state index in [2.05, 4.69) is 20.2 Å². The van der Waals surface area contributed by atoms with Gasteiger partial charge in [0.1, 0.15) is 28.6 Å². The summed E-state index contributed by atoms with van der Waals surface area (Å²) in [4.78, 5) is 20.8. The lowest BCUT2D eigenvalue weighted by Crippen LogP contribution is -2.39. The first-order valence-corrected chi connectivity index (χ1v) is 12.4. The number of H-pyrrole nitrogens is 1. The van der Waals surface area contributed by atoms with Gasteiger partial charge < -0.3 is 24.7 Å². The molecule has 0 spiro atoms. The van der Waals surface area contributed by atoms with Crippen molar-refractivity contribution in [3.05, 3.63) is 111 Å². The lowest BCUT2D eigenvalue weighted by Gasteiger charge is -2.36. The highest BCUT2D eigenvalue weighted by atomic mass is 35.5. The Morgan fingerprint density at radius 3 is 2.95 bits per heavy atom. The van der Waals surface area contributed by atoms with Crippen molar-refractivity contribution in [2.24, 2.45) is 0 Å². The Morgan fingerprint density at radius 1 is 1.16 bits per heavy atom. The summed E-state index contributed by atoms with van der Waals surface area (Å²) >= 11 is 5.98. The molecule has 2 aromatic carbocycles. The summed E-state index contributed by atoms with van der Waals surface area (Å²) in [6.45, 7) is 2.18. The van der Waals surface area contributed by atoms with Crippen LogP contribution in [0, 0.1) is 5.82 Å². The molecule has 4 heterocycles. The number of pyridine rings is 2. The second-order valence-corrected chi connectivity index (χ2v) is 9.45. The van der Waals surface area contributed by atoms with Gasteiger partial charge in [0.25, 0.3) is 0 Å². The van der Waals surface area contributed by atoms with Crippen LogP contribution in [0.2, 0.25) is 5.15 Å². The number of nitrogens with zero attached hydrogens (tertiary/aromatic N) is 2. The van der Waals surface area contributed by atoms with E-state index in [0.29, 0.717) is 54.9 Å². The molecule has 1 saturated heterocycles. The summed E-state index contributed by atoms with van der Waals surface area (Å²) in [7, 11) is 0. The zero-order valence-corrected chi connectivity index (χ0v) is 20.6. The zero-order valence-electron chi connectivity index (χ0n) is 19.8. The molecule has 1 unspecified atom stereocenters. The fourth-order valence-corrected chi connectivity index (χ4v) is 5.01. The topological polar surface area (TPSA) is 79.5 Å². The smallest absolute Gasteiger partial charge is 0.249 e. The minimum Gasteiger partial charge on any atom is -0.456 e. The van der Waals surface area contributed by atoms with Gasteiger partial charge in [-0.2, -0.15) is 0 Å². The number of ether oxygens (including phenoxy) is 2. The molecule has 1 fully saturated rings. The van der Waals surface area contributed by atoms with Crippen LogP contribution in [-0.2, 0) is 17.7 Å². The van der Waals surface area contributed by atoms with Crippen LogP contribution in [0.5, 0.6) is 11.5 Å². The molecule has 37 heavy (non-hydrogen) atoms. The van der Waals surface area contributed by atoms with E-state index in [9.17, 15) is 4.79 Å². The summed E-state index contributed by atoms with van der Waals surface area (Å²) in [6, 6.07) is 17.9. The first kappa shape index (κ1) is 23.5. The average Bonchev–Trinajstić information content (AvgIpc) is 2.91. The summed E-state index contributed by atoms with van der Waals surface area (Å²) in [6.07, 6.45) is 1.71. The van der Waals surface area contributed by atoms with Crippen LogP contribution in [0.15, 0.2) is 71.7 Å². The molecule has 0 radical (unpaired) electrons. The molecule has 9 heteroatoms. The quantitative estimate of drug-likeness (QED) is 0.301. The van der Waals surface area contributed by atoms with E-state index in [0.717, 1.165) is 28.2 Å². The highest BCUT2D eigenvalue weighted by molar-refractivity contribution is 6.29. The molecule has 2 aliphatic heterocycles. The first-order chi connectivity index (χ1) is 18.0. The molecule has 1 atom stereocenters. The van der Waals surface area contributed by atoms with E-state index in [1.54, 1.807) is 24.4 Å². The minimum absolute atomic E-state index is 0.155. The monoisotopic (exact) mass is 518 g/mol. The predicted octanol–water partition coefficient (Wildman–Crippen LogP) is 5.45. The van der Waals surface area contributed by atoms with Gasteiger partial charge in [0.2, 0.25) is 5.56 Å². The van der Waals surface area contributed by atoms with Gasteiger partial charge in [-0.15, -0.1) is 0 Å². The van der Waals surface area contributed by atoms with Gasteiger partial charge in [0.15, 0.2) is 0 Å². The maximum Gasteiger partial charge on any atom is 0.249 e. The van der Waals surface area contributed by atoms with E-state index in [1.165, 1.54) is 6.07 Å². The third kappa shape index (κ3) is 4.90. The second-order valence-electron chi connectivity index (χ2n) is 9.07. The van der Waals surface area contributed by atoms with Crippen LogP contribution >= 0.6 is 11.6 Å². The molecule has 0 amide bonds. The summed E-state index contributed by atoms with van der Waals surface area (Å²) in [5.74, 6) is 0.885. The van der Waals surface area contributed by atoms with E-state index >= 15 is 4.39 Å². The number of aromatic amines is 1. The van der Waals surface area contributed by atoms with Crippen molar-refractivity contribution in [3.8, 4) is 11.5 Å². The Hall–Kier alpha value is -3.88. The van der Waals surface area contributed by atoms with Gasteiger partial charge in [0.05, 0.1) is 18.8 Å². The van der Waals surface area contributed by atoms with E-state index < -0.39 is 0 Å². The van der Waals surface area contributed by atoms with Gasteiger partial charge in [-0.25, -0.2) is 9.37 Å². The SMILES string of the molecule is O=c1cc(N2CCOC(c3ccc(F)c4c3Oc3ccc(NCc5cccc(Cl)n5)cc3C4)C2)cc[nH]1. The lowest BCUT2D eigenvalue weighted by molar-refractivity contribution is 0.0383. The molecule has 4 aromatic rings. The van der Waals surface area contributed by atoms with Crippen molar-refractivity contribution in [1.29, 1.82) is 0 Å². The van der Waals surface area contributed by atoms with Gasteiger partial charge in [0, 0.05) is 59.8 Å². The van der Waals surface area contributed by atoms with Crippen molar-refractivity contribution >= 4 is 23.0 Å². The Morgan fingerprint density at radius 2 is 2.08 bits per heavy atom. The highest BCUT2D eigenvalue weighted by Gasteiger charge is 2.30. The van der Waals surface area contributed by atoms with Crippen molar-refractivity contribution in [1.82, 2.24) is 9.97 Å². The summed E-state index contributed by atoms with van der Waals surface area (Å²) in [5, 5.41) is 3.79. The number of hydrogen-bond donors (Lipinski definition) is 2. The molecule has 6 rings (SSSR count). The Kier molecular flexibility index (Phi) is 6.28. The Labute approximate surface area is 217 Å². The standard InChI is InChI=1S/C28H24ClFN4O3/c29-26-3-1-2-19(33-26)15-32-18-4-7-24-17(12-18)13-22-23(30)6-5-21(28(22)37-24)25-16-34(10-11-36-25)20-8-9-31-27(35)14-20/h1-9,12,14,25,32H,10-11,13,15-16H2,(H,31,35). The number of aromatic nitrogens is 2. The normalized spacial score (nSPS) is 16.5. The maximum atomic E-state index is 15.0. The number of hydrogen-bond acceptors (Lipinski definition) is 6. The third-order valence-corrected chi connectivity index (χ3v) is 6.87. The van der Waals surface area contributed by atoms with Gasteiger partial charge in [-0.05, 0) is 48.5 Å². The van der Waals surface area contributed by atoms with Crippen LogP contribution in [-0.4, -0.2) is 29.7 Å². The van der Waals surface area contributed by atoms with E-state index in [1.807, 2.05) is 36.4 Å². The largest absolute Gasteiger partial charge is 0.456 e. The fraction of sp³-hybridized carbons (Fsp3) is 0.214. The average molecular weight is 519 g/mol. The molecule has 2 N–H and O–H groups in total. The van der Waals surface area contributed by atoms with Crippen LogP contribution in [0.1, 0.15) is 28.5 Å². The lowest BCUT2D eigenvalue weighted by atomic mass is 9.94. The second kappa shape index (κ2) is 9.88. The number of rotatable bonds is 5. The Balaban J connectivity index is 1.23.